The molecule has 3 fully saturated rings. The molecule has 3 aliphatic heterocycles. The fourth-order valence-corrected chi connectivity index (χ4v) is 6.18. The number of rotatable bonds is 3. The number of hydrogen-bond donors (Lipinski definition) is 0. The summed E-state index contributed by atoms with van der Waals surface area (Å²) >= 11 is 6.38. The van der Waals surface area contributed by atoms with Crippen molar-refractivity contribution in [3.63, 3.8) is 0 Å². The Balaban J connectivity index is 1.13. The van der Waals surface area contributed by atoms with E-state index in [0.29, 0.717) is 23.7 Å². The highest BCUT2D eigenvalue weighted by molar-refractivity contribution is 6.30. The Morgan fingerprint density at radius 2 is 1.75 bits per heavy atom. The number of fused-ring (bicyclic) bond motifs is 3. The second kappa shape index (κ2) is 7.42. The van der Waals surface area contributed by atoms with Crippen LogP contribution in [-0.4, -0.2) is 56.4 Å². The van der Waals surface area contributed by atoms with Gasteiger partial charge in [-0.25, -0.2) is 4.98 Å². The van der Waals surface area contributed by atoms with Gasteiger partial charge in [0.05, 0.1) is 29.6 Å². The Labute approximate surface area is 214 Å². The second-order valence-corrected chi connectivity index (χ2v) is 11.1. The molecule has 0 N–H and O–H groups in total. The summed E-state index contributed by atoms with van der Waals surface area (Å²) in [5, 5.41) is 28.9. The van der Waals surface area contributed by atoms with Crippen LogP contribution in [0.25, 0.3) is 5.69 Å². The lowest BCUT2D eigenvalue weighted by Crippen LogP contribution is -2.73. The first-order chi connectivity index (χ1) is 17.4. The molecule has 0 unspecified atom stereocenters. The number of pyridine rings is 1. The number of nitriles is 2. The Morgan fingerprint density at radius 3 is 2.44 bits per heavy atom. The molecule has 7 rings (SSSR count). The highest BCUT2D eigenvalue weighted by atomic mass is 35.5. The van der Waals surface area contributed by atoms with Crippen molar-refractivity contribution in [1.29, 1.82) is 10.5 Å². The highest BCUT2D eigenvalue weighted by Gasteiger charge is 2.54. The minimum atomic E-state index is -0.408. The quantitative estimate of drug-likeness (QED) is 0.543. The third kappa shape index (κ3) is 3.13. The normalized spacial score (nSPS) is 20.9. The van der Waals surface area contributed by atoms with E-state index in [2.05, 4.69) is 46.6 Å². The minimum Gasteiger partial charge on any atom is -0.355 e. The SMILES string of the molecule is Cc1nc(N2CC3(C2)CN(c2nnc4n2-c2ccc(Cl)cc2CN(C2(C#N)CC2)C4)C3)ccc1C#N. The Hall–Kier alpha value is -3.66. The van der Waals surface area contributed by atoms with Gasteiger partial charge in [-0.05, 0) is 55.7 Å². The first kappa shape index (κ1) is 21.6. The summed E-state index contributed by atoms with van der Waals surface area (Å²) in [4.78, 5) is 11.4. The highest BCUT2D eigenvalue weighted by Crippen LogP contribution is 2.46. The van der Waals surface area contributed by atoms with Crippen LogP contribution < -0.4 is 9.80 Å². The first-order valence-corrected chi connectivity index (χ1v) is 12.6. The maximum absolute atomic E-state index is 9.84. The molecule has 1 aromatic carbocycles. The summed E-state index contributed by atoms with van der Waals surface area (Å²) in [6.45, 7) is 6.83. The van der Waals surface area contributed by atoms with Crippen molar-refractivity contribution >= 4 is 23.4 Å². The van der Waals surface area contributed by atoms with Crippen molar-refractivity contribution in [3.8, 4) is 17.8 Å². The van der Waals surface area contributed by atoms with Gasteiger partial charge in [-0.1, -0.05) is 11.6 Å². The standard InChI is InChI=1S/C26H24ClN9/c1-17-18(9-28)2-5-22(30-17)33-13-25(14-33)15-34(16-25)24-32-31-23-11-35(26(12-29)6-7-26)10-19-8-20(27)3-4-21(19)36(23)24/h2-5,8H,6-7,10-11,13-16H2,1H3. The van der Waals surface area contributed by atoms with Gasteiger partial charge in [0, 0.05) is 43.2 Å². The number of benzene rings is 1. The first-order valence-electron chi connectivity index (χ1n) is 12.2. The van der Waals surface area contributed by atoms with Gasteiger partial charge in [-0.2, -0.15) is 10.5 Å². The molecule has 1 saturated carbocycles. The predicted octanol–water partition coefficient (Wildman–Crippen LogP) is 3.19. The summed E-state index contributed by atoms with van der Waals surface area (Å²) < 4.78 is 2.16. The molecule has 0 atom stereocenters. The van der Waals surface area contributed by atoms with Crippen molar-refractivity contribution in [3.05, 3.63) is 58.0 Å². The van der Waals surface area contributed by atoms with Crippen LogP contribution in [0.1, 0.15) is 35.5 Å². The number of halogens is 1. The lowest BCUT2D eigenvalue weighted by Gasteiger charge is -2.60. The zero-order valence-electron chi connectivity index (χ0n) is 19.9. The van der Waals surface area contributed by atoms with Crippen LogP contribution in [0, 0.1) is 35.0 Å². The minimum absolute atomic E-state index is 0.217. The fourth-order valence-electron chi connectivity index (χ4n) is 5.98. The number of aryl methyl sites for hydroxylation is 1. The summed E-state index contributed by atoms with van der Waals surface area (Å²) in [5.41, 5.74) is 3.34. The van der Waals surface area contributed by atoms with Crippen molar-refractivity contribution in [2.45, 2.75) is 38.4 Å². The van der Waals surface area contributed by atoms with Crippen molar-refractivity contribution in [2.24, 2.45) is 5.41 Å². The molecule has 1 aliphatic carbocycles. The maximum Gasteiger partial charge on any atom is 0.231 e. The van der Waals surface area contributed by atoms with Gasteiger partial charge in [0.2, 0.25) is 5.95 Å². The zero-order valence-corrected chi connectivity index (χ0v) is 20.7. The molecular formula is C26H24ClN9. The molecule has 2 aromatic heterocycles. The summed E-state index contributed by atoms with van der Waals surface area (Å²) in [6, 6.07) is 14.5. The van der Waals surface area contributed by atoms with Crippen LogP contribution in [0.3, 0.4) is 0 Å². The van der Waals surface area contributed by atoms with Gasteiger partial charge in [-0.3, -0.25) is 9.47 Å². The van der Waals surface area contributed by atoms with Gasteiger partial charge >= 0.3 is 0 Å². The van der Waals surface area contributed by atoms with E-state index in [1.807, 2.05) is 37.3 Å². The van der Waals surface area contributed by atoms with Crippen LogP contribution in [0.5, 0.6) is 0 Å². The molecule has 1 spiro atoms. The van der Waals surface area contributed by atoms with Crippen molar-refractivity contribution in [2.75, 3.05) is 36.0 Å². The Bertz CT molecular complexity index is 1480. The molecule has 5 heterocycles. The molecule has 180 valence electrons. The van der Waals surface area contributed by atoms with Crippen LogP contribution >= 0.6 is 11.6 Å². The van der Waals surface area contributed by atoms with E-state index >= 15 is 0 Å². The zero-order chi connectivity index (χ0) is 24.7. The van der Waals surface area contributed by atoms with Crippen molar-refractivity contribution in [1.82, 2.24) is 24.6 Å². The van der Waals surface area contributed by atoms with E-state index in [0.717, 1.165) is 73.6 Å². The average molecular weight is 498 g/mol. The average Bonchev–Trinajstić information content (AvgIpc) is 3.55. The lowest BCUT2D eigenvalue weighted by molar-refractivity contribution is 0.153. The molecule has 10 heteroatoms. The second-order valence-electron chi connectivity index (χ2n) is 10.7. The molecule has 0 amide bonds. The summed E-state index contributed by atoms with van der Waals surface area (Å²) in [7, 11) is 0. The number of aromatic nitrogens is 4. The van der Waals surface area contributed by atoms with Crippen LogP contribution in [-0.2, 0) is 13.1 Å². The van der Waals surface area contributed by atoms with Gasteiger partial charge in [-0.15, -0.1) is 10.2 Å². The van der Waals surface area contributed by atoms with E-state index in [1.54, 1.807) is 0 Å². The third-order valence-electron chi connectivity index (χ3n) is 8.13. The fraction of sp³-hybridized carbons (Fsp3) is 0.423. The monoisotopic (exact) mass is 497 g/mol. The Kier molecular flexibility index (Phi) is 4.46. The van der Waals surface area contributed by atoms with Crippen LogP contribution in [0.2, 0.25) is 5.02 Å². The van der Waals surface area contributed by atoms with Crippen molar-refractivity contribution < 1.29 is 0 Å². The molecule has 2 saturated heterocycles. The van der Waals surface area contributed by atoms with Crippen LogP contribution in [0.15, 0.2) is 30.3 Å². The van der Waals surface area contributed by atoms with Gasteiger partial charge < -0.3 is 9.80 Å². The molecule has 4 aliphatic rings. The van der Waals surface area contributed by atoms with E-state index < -0.39 is 5.54 Å². The molecule has 0 radical (unpaired) electrons. The summed E-state index contributed by atoms with van der Waals surface area (Å²) in [5.74, 6) is 2.65. The maximum atomic E-state index is 9.84. The molecule has 0 bridgehead atoms. The molecular weight excluding hydrogens is 474 g/mol. The third-order valence-corrected chi connectivity index (χ3v) is 8.36. The van der Waals surface area contributed by atoms with E-state index in [-0.39, 0.29) is 5.41 Å². The molecule has 36 heavy (non-hydrogen) atoms. The van der Waals surface area contributed by atoms with E-state index in [1.165, 1.54) is 0 Å². The molecule has 3 aromatic rings. The molecule has 9 nitrogen and oxygen atoms in total. The summed E-state index contributed by atoms with van der Waals surface area (Å²) in [6.07, 6.45) is 1.78. The smallest absolute Gasteiger partial charge is 0.231 e. The number of anilines is 2. The topological polar surface area (TPSA) is 101 Å². The number of hydrogen-bond acceptors (Lipinski definition) is 8. The van der Waals surface area contributed by atoms with Gasteiger partial charge in [0.25, 0.3) is 0 Å². The van der Waals surface area contributed by atoms with Crippen LogP contribution in [0.4, 0.5) is 11.8 Å². The lowest BCUT2D eigenvalue weighted by atomic mass is 9.73. The van der Waals surface area contributed by atoms with Gasteiger partial charge in [0.15, 0.2) is 5.82 Å². The van der Waals surface area contributed by atoms with E-state index in [9.17, 15) is 10.5 Å². The number of nitrogens with zero attached hydrogens (tertiary/aromatic N) is 9. The largest absolute Gasteiger partial charge is 0.355 e. The van der Waals surface area contributed by atoms with E-state index in [4.69, 9.17) is 11.6 Å². The van der Waals surface area contributed by atoms with Gasteiger partial charge in [0.1, 0.15) is 17.4 Å². The Morgan fingerprint density at radius 1 is 0.972 bits per heavy atom. The predicted molar refractivity (Wildman–Crippen MR) is 134 cm³/mol.